The van der Waals surface area contributed by atoms with Crippen LogP contribution in [-0.2, 0) is 6.54 Å². The van der Waals surface area contributed by atoms with Crippen LogP contribution < -0.4 is 11.2 Å². The predicted molar refractivity (Wildman–Crippen MR) is 87.5 cm³/mol. The van der Waals surface area contributed by atoms with Crippen molar-refractivity contribution in [3.05, 3.63) is 27.8 Å². The van der Waals surface area contributed by atoms with Crippen molar-refractivity contribution >= 4 is 20.5 Å². The first-order valence-electron chi connectivity index (χ1n) is 6.96. The summed E-state index contributed by atoms with van der Waals surface area (Å²) in [5.41, 5.74) is 10.6. The van der Waals surface area contributed by atoms with Gasteiger partial charge in [0.05, 0.1) is 0 Å². The van der Waals surface area contributed by atoms with Crippen molar-refractivity contribution in [2.45, 2.75) is 47.0 Å². The third-order valence-electron chi connectivity index (χ3n) is 3.56. The quantitative estimate of drug-likeness (QED) is 0.658. The highest BCUT2D eigenvalue weighted by atomic mass is 28.3. The zero-order chi connectivity index (χ0) is 16.6. The molecular weight excluding hydrogens is 290 g/mol. The molecule has 0 saturated heterocycles. The Morgan fingerprint density at radius 2 is 1.52 bits per heavy atom. The van der Waals surface area contributed by atoms with E-state index in [9.17, 15) is 12.9 Å². The van der Waals surface area contributed by atoms with Crippen molar-refractivity contribution in [3.63, 3.8) is 0 Å². The van der Waals surface area contributed by atoms with Gasteiger partial charge in [-0.05, 0) is 31.9 Å². The van der Waals surface area contributed by atoms with Crippen molar-refractivity contribution in [1.82, 2.24) is 0 Å². The summed E-state index contributed by atoms with van der Waals surface area (Å²) in [5.74, 6) is 3.00. The van der Waals surface area contributed by atoms with Crippen LogP contribution in [0.25, 0.3) is 0 Å². The van der Waals surface area contributed by atoms with E-state index in [1.165, 1.54) is 13.8 Å². The highest BCUT2D eigenvalue weighted by molar-refractivity contribution is 6.83. The molecular formula is C15H22BF3NSi-. The molecule has 0 unspecified atom stereocenters. The van der Waals surface area contributed by atoms with Crippen LogP contribution in [-0.4, -0.2) is 15.1 Å². The predicted octanol–water partition coefficient (Wildman–Crippen LogP) is 3.35. The van der Waals surface area contributed by atoms with Crippen LogP contribution in [0.5, 0.6) is 0 Å². The Morgan fingerprint density at radius 1 is 1.00 bits per heavy atom. The van der Waals surface area contributed by atoms with Gasteiger partial charge in [-0.2, -0.15) is 0 Å². The molecule has 1 nitrogen and oxygen atoms in total. The summed E-state index contributed by atoms with van der Waals surface area (Å²) in [5, 5.41) is 0. The van der Waals surface area contributed by atoms with Crippen LogP contribution in [0.3, 0.4) is 0 Å². The molecule has 0 aliphatic carbocycles. The Balaban J connectivity index is 3.77. The van der Waals surface area contributed by atoms with E-state index in [0.717, 1.165) is 5.56 Å². The molecule has 0 spiro atoms. The van der Waals surface area contributed by atoms with E-state index in [1.807, 2.05) is 6.92 Å². The Hall–Kier alpha value is -1.19. The van der Waals surface area contributed by atoms with E-state index in [1.54, 1.807) is 0 Å². The largest absolute Gasteiger partial charge is 0.510 e. The van der Waals surface area contributed by atoms with Crippen molar-refractivity contribution in [3.8, 4) is 11.5 Å². The standard InChI is InChI=1S/C15H22BF3NSi/c1-10-13(7-8-21(4,5)6)11(2)15(16(17,18)19)12(3)14(10)9-20/h9,20H2,1-6H3/q-1. The van der Waals surface area contributed by atoms with Crippen LogP contribution in [0.1, 0.15) is 27.8 Å². The van der Waals surface area contributed by atoms with Crippen molar-refractivity contribution in [1.29, 1.82) is 0 Å². The van der Waals surface area contributed by atoms with Crippen molar-refractivity contribution in [2.24, 2.45) is 5.73 Å². The van der Waals surface area contributed by atoms with Crippen molar-refractivity contribution < 1.29 is 12.9 Å². The molecule has 0 radical (unpaired) electrons. The molecule has 0 aromatic heterocycles. The average Bonchev–Trinajstić information content (AvgIpc) is 2.25. The van der Waals surface area contributed by atoms with E-state index >= 15 is 0 Å². The summed E-state index contributed by atoms with van der Waals surface area (Å²) < 4.78 is 40.2. The lowest BCUT2D eigenvalue weighted by Crippen LogP contribution is -2.40. The molecule has 0 atom stereocenters. The Morgan fingerprint density at radius 3 is 1.90 bits per heavy atom. The van der Waals surface area contributed by atoms with E-state index in [-0.39, 0.29) is 17.7 Å². The van der Waals surface area contributed by atoms with Gasteiger partial charge in [-0.25, -0.2) is 0 Å². The van der Waals surface area contributed by atoms with Gasteiger partial charge in [-0.15, -0.1) is 11.0 Å². The van der Waals surface area contributed by atoms with Gasteiger partial charge in [0.1, 0.15) is 8.07 Å². The molecule has 0 fully saturated rings. The Kier molecular flexibility index (Phi) is 5.02. The highest BCUT2D eigenvalue weighted by Crippen LogP contribution is 2.24. The number of nitrogens with two attached hydrogens (primary N) is 1. The van der Waals surface area contributed by atoms with E-state index in [0.29, 0.717) is 11.1 Å². The first-order valence-corrected chi connectivity index (χ1v) is 10.5. The summed E-state index contributed by atoms with van der Waals surface area (Å²) >= 11 is 0. The lowest BCUT2D eigenvalue weighted by Gasteiger charge is -2.26. The molecule has 21 heavy (non-hydrogen) atoms. The molecule has 0 amide bonds. The van der Waals surface area contributed by atoms with Crippen LogP contribution in [0.4, 0.5) is 12.9 Å². The third-order valence-corrected chi connectivity index (χ3v) is 4.43. The van der Waals surface area contributed by atoms with Crippen LogP contribution in [0.15, 0.2) is 0 Å². The van der Waals surface area contributed by atoms with Crippen LogP contribution in [0.2, 0.25) is 19.6 Å². The first-order chi connectivity index (χ1) is 9.40. The molecule has 6 heteroatoms. The second kappa shape index (κ2) is 5.90. The average molecular weight is 312 g/mol. The maximum absolute atomic E-state index is 13.4. The Bertz CT molecular complexity index is 619. The highest BCUT2D eigenvalue weighted by Gasteiger charge is 2.31. The summed E-state index contributed by atoms with van der Waals surface area (Å²) in [6, 6.07) is 0. The van der Waals surface area contributed by atoms with Gasteiger partial charge in [0.2, 0.25) is 0 Å². The fourth-order valence-electron chi connectivity index (χ4n) is 2.53. The zero-order valence-corrected chi connectivity index (χ0v) is 14.5. The lowest BCUT2D eigenvalue weighted by molar-refractivity contribution is 0.500. The monoisotopic (exact) mass is 312 g/mol. The fourth-order valence-corrected chi connectivity index (χ4v) is 3.03. The number of benzene rings is 1. The summed E-state index contributed by atoms with van der Waals surface area (Å²) in [7, 11) is -1.66. The SMILES string of the molecule is Cc1c(C#C[Si](C)(C)C)c(C)c([B-](F)(F)F)c(C)c1CN. The van der Waals surface area contributed by atoms with Gasteiger partial charge in [0, 0.05) is 12.1 Å². The normalized spacial score (nSPS) is 12.1. The molecule has 1 rings (SSSR count). The number of rotatable bonds is 2. The third kappa shape index (κ3) is 3.92. The second-order valence-corrected chi connectivity index (χ2v) is 11.2. The van der Waals surface area contributed by atoms with Crippen LogP contribution >= 0.6 is 0 Å². The molecule has 116 valence electrons. The number of halogens is 3. The maximum Gasteiger partial charge on any atom is 0.510 e. The molecule has 0 heterocycles. The first kappa shape index (κ1) is 17.9. The summed E-state index contributed by atoms with van der Waals surface area (Å²) in [6.07, 6.45) is 0. The van der Waals surface area contributed by atoms with Crippen LogP contribution in [0, 0.1) is 32.2 Å². The molecule has 0 bridgehead atoms. The molecule has 1 aromatic rings. The lowest BCUT2D eigenvalue weighted by atomic mass is 9.70. The second-order valence-electron chi connectivity index (χ2n) is 6.42. The van der Waals surface area contributed by atoms with Gasteiger partial charge >= 0.3 is 6.98 Å². The van der Waals surface area contributed by atoms with Gasteiger partial charge in [0.25, 0.3) is 0 Å². The minimum atomic E-state index is -5.07. The molecule has 0 aliphatic heterocycles. The van der Waals surface area contributed by atoms with Gasteiger partial charge in [-0.3, -0.25) is 0 Å². The zero-order valence-electron chi connectivity index (χ0n) is 13.5. The molecule has 2 N–H and O–H groups in total. The summed E-state index contributed by atoms with van der Waals surface area (Å²) in [4.78, 5) is 0. The molecule has 0 aliphatic rings. The number of hydrogen-bond acceptors (Lipinski definition) is 1. The minimum Gasteiger partial charge on any atom is -0.445 e. The smallest absolute Gasteiger partial charge is 0.445 e. The van der Waals surface area contributed by atoms with E-state index in [2.05, 4.69) is 31.1 Å². The van der Waals surface area contributed by atoms with Crippen molar-refractivity contribution in [2.75, 3.05) is 0 Å². The summed E-state index contributed by atoms with van der Waals surface area (Å²) in [6.45, 7) is 6.05. The fraction of sp³-hybridized carbons (Fsp3) is 0.467. The maximum atomic E-state index is 13.4. The number of hydrogen-bond donors (Lipinski definition) is 1. The van der Waals surface area contributed by atoms with Gasteiger partial charge in [0.15, 0.2) is 0 Å². The topological polar surface area (TPSA) is 26.0 Å². The Labute approximate surface area is 126 Å². The van der Waals surface area contributed by atoms with E-state index < -0.39 is 20.5 Å². The molecule has 0 saturated carbocycles. The van der Waals surface area contributed by atoms with E-state index in [4.69, 9.17) is 5.73 Å². The van der Waals surface area contributed by atoms with Gasteiger partial charge in [-0.1, -0.05) is 36.7 Å². The van der Waals surface area contributed by atoms with Gasteiger partial charge < -0.3 is 18.7 Å². The minimum absolute atomic E-state index is 0.0960. The molecule has 1 aromatic carbocycles.